The van der Waals surface area contributed by atoms with Crippen molar-refractivity contribution < 1.29 is 13.6 Å². The summed E-state index contributed by atoms with van der Waals surface area (Å²) in [5, 5.41) is 0. The molecule has 5 heteroatoms. The van der Waals surface area contributed by atoms with E-state index in [4.69, 9.17) is 9.05 Å². The van der Waals surface area contributed by atoms with Gasteiger partial charge < -0.3 is 9.05 Å². The van der Waals surface area contributed by atoms with E-state index in [2.05, 4.69) is 4.99 Å². The molecule has 0 saturated heterocycles. The zero-order valence-corrected chi connectivity index (χ0v) is 10.4. The van der Waals surface area contributed by atoms with Gasteiger partial charge >= 0.3 is 7.60 Å². The van der Waals surface area contributed by atoms with Crippen LogP contribution in [0.4, 0.5) is 0 Å². The Labute approximate surface area is 91.6 Å². The Morgan fingerprint density at radius 2 is 1.87 bits per heavy atom. The van der Waals surface area contributed by atoms with E-state index in [1.54, 1.807) is 6.21 Å². The van der Waals surface area contributed by atoms with Crippen molar-refractivity contribution >= 4 is 13.8 Å². The largest absolute Gasteiger partial charge is 0.335 e. The third kappa shape index (κ3) is 4.45. The predicted molar refractivity (Wildman–Crippen MR) is 61.9 cm³/mol. The molecular weight excluding hydrogens is 213 g/mol. The Balaban J connectivity index is 2.34. The summed E-state index contributed by atoms with van der Waals surface area (Å²) in [5.41, 5.74) is 0. The molecule has 0 bridgehead atoms. The fourth-order valence-corrected chi connectivity index (χ4v) is 2.49. The summed E-state index contributed by atoms with van der Waals surface area (Å²) in [6.07, 6.45) is 8.12. The highest BCUT2D eigenvalue weighted by Gasteiger charge is 2.19. The van der Waals surface area contributed by atoms with Gasteiger partial charge in [-0.3, -0.25) is 9.56 Å². The summed E-state index contributed by atoms with van der Waals surface area (Å²) in [6, 6.07) is 0.418. The second-order valence-corrected chi connectivity index (χ2v) is 6.10. The topological polar surface area (TPSA) is 47.9 Å². The van der Waals surface area contributed by atoms with E-state index in [0.29, 0.717) is 6.04 Å². The van der Waals surface area contributed by atoms with Crippen molar-refractivity contribution in [2.24, 2.45) is 4.99 Å². The van der Waals surface area contributed by atoms with Crippen LogP contribution in [0.5, 0.6) is 0 Å². The highest BCUT2D eigenvalue weighted by molar-refractivity contribution is 7.54. The molecule has 1 aliphatic carbocycles. The molecule has 0 atom stereocenters. The molecule has 0 aliphatic heterocycles. The molecule has 0 unspecified atom stereocenters. The molecule has 15 heavy (non-hydrogen) atoms. The van der Waals surface area contributed by atoms with Crippen LogP contribution in [-0.2, 0) is 13.6 Å². The number of nitrogens with zero attached hydrogens (tertiary/aromatic N) is 1. The first-order valence-electron chi connectivity index (χ1n) is 5.42. The van der Waals surface area contributed by atoms with Crippen LogP contribution in [0.1, 0.15) is 32.1 Å². The standard InChI is InChI=1S/C10H20NO3P/c1-13-15(12,14-2)9-8-11-10-6-4-3-5-7-10/h8,10H,3-7,9H2,1-2H3. The van der Waals surface area contributed by atoms with Gasteiger partial charge in [-0.1, -0.05) is 19.3 Å². The molecule has 0 spiro atoms. The summed E-state index contributed by atoms with van der Waals surface area (Å²) < 4.78 is 21.3. The van der Waals surface area contributed by atoms with Crippen molar-refractivity contribution in [1.29, 1.82) is 0 Å². The maximum Gasteiger partial charge on any atom is 0.335 e. The Hall–Kier alpha value is -0.180. The third-order valence-electron chi connectivity index (χ3n) is 2.75. The zero-order valence-electron chi connectivity index (χ0n) is 9.52. The van der Waals surface area contributed by atoms with Gasteiger partial charge in [-0.2, -0.15) is 0 Å². The second kappa shape index (κ2) is 6.41. The number of hydrogen-bond donors (Lipinski definition) is 0. The SMILES string of the molecule is COP(=O)(CC=NC1CCCCC1)OC. The predicted octanol–water partition coefficient (Wildman–Crippen LogP) is 2.88. The van der Waals surface area contributed by atoms with Crippen LogP contribution in [-0.4, -0.2) is 32.6 Å². The van der Waals surface area contributed by atoms with E-state index in [1.807, 2.05) is 0 Å². The van der Waals surface area contributed by atoms with Gasteiger partial charge in [-0.15, -0.1) is 0 Å². The molecule has 4 nitrogen and oxygen atoms in total. The van der Waals surface area contributed by atoms with Crippen LogP contribution in [0.25, 0.3) is 0 Å². The summed E-state index contributed by atoms with van der Waals surface area (Å²) in [6.45, 7) is 0. The highest BCUT2D eigenvalue weighted by Crippen LogP contribution is 2.45. The van der Waals surface area contributed by atoms with Crippen LogP contribution >= 0.6 is 7.60 Å². The first-order valence-corrected chi connectivity index (χ1v) is 7.15. The van der Waals surface area contributed by atoms with Crippen molar-refractivity contribution in [3.63, 3.8) is 0 Å². The average molecular weight is 233 g/mol. The molecule has 0 N–H and O–H groups in total. The van der Waals surface area contributed by atoms with E-state index in [1.165, 1.54) is 33.5 Å². The number of hydrogen-bond acceptors (Lipinski definition) is 4. The zero-order chi connectivity index (χ0) is 11.1. The van der Waals surface area contributed by atoms with Gasteiger partial charge in [0.25, 0.3) is 0 Å². The van der Waals surface area contributed by atoms with Gasteiger partial charge in [0.15, 0.2) is 0 Å². The van der Waals surface area contributed by atoms with E-state index in [0.717, 1.165) is 12.8 Å². The Kier molecular flexibility index (Phi) is 5.51. The molecule has 0 aromatic heterocycles. The highest BCUT2D eigenvalue weighted by atomic mass is 31.2. The van der Waals surface area contributed by atoms with E-state index in [9.17, 15) is 4.57 Å². The molecule has 0 amide bonds. The molecule has 0 heterocycles. The second-order valence-electron chi connectivity index (χ2n) is 3.78. The van der Waals surface area contributed by atoms with Crippen LogP contribution in [0, 0.1) is 0 Å². The van der Waals surface area contributed by atoms with Crippen LogP contribution < -0.4 is 0 Å². The molecule has 0 aromatic carbocycles. The van der Waals surface area contributed by atoms with E-state index >= 15 is 0 Å². The summed E-state index contributed by atoms with van der Waals surface area (Å²) in [7, 11) is -0.0950. The Morgan fingerprint density at radius 3 is 2.40 bits per heavy atom. The van der Waals surface area contributed by atoms with Crippen LogP contribution in [0.2, 0.25) is 0 Å². The van der Waals surface area contributed by atoms with Gasteiger partial charge in [-0.05, 0) is 12.8 Å². The van der Waals surface area contributed by atoms with Crippen molar-refractivity contribution in [3.8, 4) is 0 Å². The lowest BCUT2D eigenvalue weighted by molar-refractivity contribution is 0.280. The minimum absolute atomic E-state index is 0.274. The molecule has 1 rings (SSSR count). The maximum absolute atomic E-state index is 11.7. The lowest BCUT2D eigenvalue weighted by Crippen LogP contribution is -2.10. The average Bonchev–Trinajstić information content (AvgIpc) is 2.30. The fourth-order valence-electron chi connectivity index (χ4n) is 1.75. The molecular formula is C10H20NO3P. The van der Waals surface area contributed by atoms with E-state index in [-0.39, 0.29) is 6.16 Å². The van der Waals surface area contributed by atoms with Crippen molar-refractivity contribution in [2.45, 2.75) is 38.1 Å². The third-order valence-corrected chi connectivity index (χ3v) is 4.48. The summed E-state index contributed by atoms with van der Waals surface area (Å²) in [5.74, 6) is 0. The molecule has 0 aromatic rings. The normalized spacial score (nSPS) is 19.9. The summed E-state index contributed by atoms with van der Waals surface area (Å²) >= 11 is 0. The van der Waals surface area contributed by atoms with E-state index < -0.39 is 7.60 Å². The van der Waals surface area contributed by atoms with Gasteiger partial charge in [0.2, 0.25) is 0 Å². The first kappa shape index (κ1) is 12.9. The van der Waals surface area contributed by atoms with Gasteiger partial charge in [0.1, 0.15) is 0 Å². The first-order chi connectivity index (χ1) is 7.20. The summed E-state index contributed by atoms with van der Waals surface area (Å²) in [4.78, 5) is 4.41. The van der Waals surface area contributed by atoms with Gasteiger partial charge in [0.05, 0.1) is 6.16 Å². The minimum Gasteiger partial charge on any atom is -0.312 e. The lowest BCUT2D eigenvalue weighted by Gasteiger charge is -2.17. The van der Waals surface area contributed by atoms with Gasteiger partial charge in [-0.25, -0.2) is 0 Å². The minimum atomic E-state index is -2.90. The van der Waals surface area contributed by atoms with Crippen molar-refractivity contribution in [1.82, 2.24) is 0 Å². The Bertz CT molecular complexity index is 241. The van der Waals surface area contributed by atoms with Crippen molar-refractivity contribution in [3.05, 3.63) is 0 Å². The number of aliphatic imine (C=N–C) groups is 1. The van der Waals surface area contributed by atoms with Crippen LogP contribution in [0.15, 0.2) is 4.99 Å². The Morgan fingerprint density at radius 1 is 1.27 bits per heavy atom. The molecule has 1 saturated carbocycles. The monoisotopic (exact) mass is 233 g/mol. The molecule has 88 valence electrons. The van der Waals surface area contributed by atoms with Crippen molar-refractivity contribution in [2.75, 3.05) is 20.4 Å². The maximum atomic E-state index is 11.7. The number of rotatable bonds is 5. The fraction of sp³-hybridized carbons (Fsp3) is 0.900. The molecule has 1 fully saturated rings. The van der Waals surface area contributed by atoms with Crippen LogP contribution in [0.3, 0.4) is 0 Å². The molecule has 0 radical (unpaired) electrons. The van der Waals surface area contributed by atoms with Gasteiger partial charge in [0, 0.05) is 26.5 Å². The quantitative estimate of drug-likeness (QED) is 0.542. The lowest BCUT2D eigenvalue weighted by atomic mass is 9.96. The molecule has 1 aliphatic rings. The smallest absolute Gasteiger partial charge is 0.312 e.